The minimum atomic E-state index is -3.90. The molecule has 184 valence electrons. The summed E-state index contributed by atoms with van der Waals surface area (Å²) in [5.41, 5.74) is 1.15. The van der Waals surface area contributed by atoms with Crippen LogP contribution in [0.1, 0.15) is 10.4 Å². The Bertz CT molecular complexity index is 1470. The van der Waals surface area contributed by atoms with Gasteiger partial charge in [0.05, 0.1) is 22.6 Å². The minimum Gasteiger partial charge on any atom is -0.338 e. The molecule has 0 aliphatic carbocycles. The van der Waals surface area contributed by atoms with E-state index in [4.69, 9.17) is 5.14 Å². The van der Waals surface area contributed by atoms with Gasteiger partial charge in [0, 0.05) is 30.0 Å². The summed E-state index contributed by atoms with van der Waals surface area (Å²) in [6.07, 6.45) is 0.948. The van der Waals surface area contributed by atoms with Gasteiger partial charge in [0.1, 0.15) is 0 Å². The molecule has 4 N–H and O–H groups in total. The van der Waals surface area contributed by atoms with Crippen LogP contribution in [0.15, 0.2) is 59.6 Å². The van der Waals surface area contributed by atoms with E-state index in [2.05, 4.69) is 20.6 Å². The van der Waals surface area contributed by atoms with E-state index in [1.165, 1.54) is 23.1 Å². The van der Waals surface area contributed by atoms with Gasteiger partial charge < -0.3 is 15.5 Å². The van der Waals surface area contributed by atoms with Crippen LogP contribution in [0, 0.1) is 5.82 Å². The van der Waals surface area contributed by atoms with Crippen molar-refractivity contribution in [1.82, 2.24) is 14.9 Å². The number of aromatic nitrogens is 2. The van der Waals surface area contributed by atoms with Gasteiger partial charge in [-0.05, 0) is 42.5 Å². The quantitative estimate of drug-likeness (QED) is 0.438. The second-order valence-electron chi connectivity index (χ2n) is 7.73. The zero-order valence-electron chi connectivity index (χ0n) is 18.2. The highest BCUT2D eigenvalue weighted by atomic mass is 32.2. The van der Waals surface area contributed by atoms with Crippen molar-refractivity contribution in [3.63, 3.8) is 0 Å². The maximum absolute atomic E-state index is 14.3. The second-order valence-corrected chi connectivity index (χ2v) is 11.6. The fraction of sp³-hybridized carbons (Fsp3) is 0.190. The highest BCUT2D eigenvalue weighted by Gasteiger charge is 2.25. The van der Waals surface area contributed by atoms with Crippen molar-refractivity contribution >= 4 is 48.9 Å². The van der Waals surface area contributed by atoms with E-state index in [1.807, 2.05) is 0 Å². The molecule has 3 aromatic rings. The number of benzene rings is 2. The summed E-state index contributed by atoms with van der Waals surface area (Å²) in [4.78, 5) is 21.9. The molecule has 1 saturated heterocycles. The maximum atomic E-state index is 14.3. The van der Waals surface area contributed by atoms with Crippen molar-refractivity contribution in [2.24, 2.45) is 5.14 Å². The number of hydrogen-bond acceptors (Lipinski definition) is 9. The molecule has 0 bridgehead atoms. The number of rotatable bonds is 6. The number of nitrogens with zero attached hydrogens (tertiary/aromatic N) is 3. The van der Waals surface area contributed by atoms with E-state index in [-0.39, 0.29) is 47.2 Å². The standard InChI is InChI=1S/C21H21FN6O5S2/c22-18-13-24-21(26-16-2-1-3-17(12-16)35(23,32)33)27-19(18)25-15-6-4-14(5-7-15)20(29)28-8-10-34(30,31)11-9-28/h1-7,12-13H,8-11H2,(H2,23,32,33)(H2,24,25,26,27). The van der Waals surface area contributed by atoms with Crippen LogP contribution >= 0.6 is 0 Å². The van der Waals surface area contributed by atoms with E-state index in [1.54, 1.807) is 30.3 Å². The number of halogens is 1. The molecule has 0 atom stereocenters. The van der Waals surface area contributed by atoms with Crippen LogP contribution in [0.3, 0.4) is 0 Å². The molecule has 1 aliphatic rings. The van der Waals surface area contributed by atoms with Crippen molar-refractivity contribution in [2.75, 3.05) is 35.2 Å². The molecule has 2 heterocycles. The third-order valence-electron chi connectivity index (χ3n) is 5.19. The van der Waals surface area contributed by atoms with Gasteiger partial charge in [-0.2, -0.15) is 4.98 Å². The predicted octanol–water partition coefficient (Wildman–Crippen LogP) is 1.62. The van der Waals surface area contributed by atoms with Gasteiger partial charge in [0.2, 0.25) is 16.0 Å². The molecule has 11 nitrogen and oxygen atoms in total. The van der Waals surface area contributed by atoms with Crippen LogP contribution in [-0.4, -0.2) is 62.2 Å². The van der Waals surface area contributed by atoms with Crippen LogP contribution in [0.25, 0.3) is 0 Å². The lowest BCUT2D eigenvalue weighted by Gasteiger charge is -2.26. The van der Waals surface area contributed by atoms with E-state index >= 15 is 0 Å². The molecular weight excluding hydrogens is 499 g/mol. The average molecular weight is 521 g/mol. The Morgan fingerprint density at radius 3 is 2.37 bits per heavy atom. The predicted molar refractivity (Wildman–Crippen MR) is 127 cm³/mol. The molecule has 1 aromatic heterocycles. The Kier molecular flexibility index (Phi) is 6.69. The van der Waals surface area contributed by atoms with Crippen molar-refractivity contribution in [3.8, 4) is 0 Å². The number of sulfonamides is 1. The number of anilines is 4. The molecule has 1 fully saturated rings. The van der Waals surface area contributed by atoms with Gasteiger partial charge in [-0.1, -0.05) is 6.07 Å². The molecule has 4 rings (SSSR count). The van der Waals surface area contributed by atoms with Gasteiger partial charge in [0.25, 0.3) is 5.91 Å². The molecule has 0 unspecified atom stereocenters. The van der Waals surface area contributed by atoms with Crippen LogP contribution in [0.4, 0.5) is 27.5 Å². The van der Waals surface area contributed by atoms with E-state index in [0.29, 0.717) is 16.9 Å². The SMILES string of the molecule is NS(=O)(=O)c1cccc(Nc2ncc(F)c(Nc3ccc(C(=O)N4CCS(=O)(=O)CC4)cc3)n2)c1. The van der Waals surface area contributed by atoms with Crippen molar-refractivity contribution in [1.29, 1.82) is 0 Å². The van der Waals surface area contributed by atoms with Crippen molar-refractivity contribution in [3.05, 3.63) is 66.1 Å². The van der Waals surface area contributed by atoms with Gasteiger partial charge >= 0.3 is 0 Å². The van der Waals surface area contributed by atoms with Gasteiger partial charge in [0.15, 0.2) is 21.5 Å². The summed E-state index contributed by atoms with van der Waals surface area (Å²) in [6.45, 7) is 0.284. The van der Waals surface area contributed by atoms with E-state index in [0.717, 1.165) is 6.20 Å². The van der Waals surface area contributed by atoms with E-state index in [9.17, 15) is 26.0 Å². The summed E-state index contributed by atoms with van der Waals surface area (Å²) in [5, 5.41) is 10.7. The smallest absolute Gasteiger partial charge is 0.253 e. The van der Waals surface area contributed by atoms with Gasteiger partial charge in [-0.15, -0.1) is 0 Å². The maximum Gasteiger partial charge on any atom is 0.253 e. The van der Waals surface area contributed by atoms with Crippen LogP contribution < -0.4 is 15.8 Å². The first-order chi connectivity index (χ1) is 16.5. The largest absolute Gasteiger partial charge is 0.338 e. The first-order valence-corrected chi connectivity index (χ1v) is 13.7. The minimum absolute atomic E-state index is 0.00678. The lowest BCUT2D eigenvalue weighted by molar-refractivity contribution is 0.0770. The topological polar surface area (TPSA) is 164 Å². The number of carbonyl (C=O) groups excluding carboxylic acids is 1. The Labute approximate surface area is 201 Å². The number of carbonyl (C=O) groups is 1. The molecule has 2 aromatic carbocycles. The van der Waals surface area contributed by atoms with E-state index < -0.39 is 25.7 Å². The number of hydrogen-bond donors (Lipinski definition) is 3. The van der Waals surface area contributed by atoms with Gasteiger partial charge in [-0.25, -0.2) is 31.3 Å². The fourth-order valence-corrected chi connectivity index (χ4v) is 5.09. The number of sulfone groups is 1. The summed E-state index contributed by atoms with van der Waals surface area (Å²) in [5.74, 6) is -1.28. The third-order valence-corrected chi connectivity index (χ3v) is 7.71. The number of nitrogens with two attached hydrogens (primary N) is 1. The van der Waals surface area contributed by atoms with Crippen LogP contribution in [0.5, 0.6) is 0 Å². The lowest BCUT2D eigenvalue weighted by atomic mass is 10.1. The molecule has 14 heteroatoms. The number of nitrogens with one attached hydrogen (secondary N) is 2. The first-order valence-electron chi connectivity index (χ1n) is 10.3. The van der Waals surface area contributed by atoms with Gasteiger partial charge in [-0.3, -0.25) is 4.79 Å². The fourth-order valence-electron chi connectivity index (χ4n) is 3.33. The molecule has 0 saturated carbocycles. The zero-order valence-corrected chi connectivity index (χ0v) is 19.8. The second kappa shape index (κ2) is 9.56. The normalized spacial score (nSPS) is 15.4. The zero-order chi connectivity index (χ0) is 25.2. The van der Waals surface area contributed by atoms with Crippen molar-refractivity contribution < 1.29 is 26.0 Å². The Morgan fingerprint density at radius 1 is 1.03 bits per heavy atom. The van der Waals surface area contributed by atoms with Crippen LogP contribution in [0.2, 0.25) is 0 Å². The molecular formula is C21H21FN6O5S2. The first kappa shape index (κ1) is 24.5. The van der Waals surface area contributed by atoms with Crippen molar-refractivity contribution in [2.45, 2.75) is 4.90 Å². The summed E-state index contributed by atoms with van der Waals surface area (Å²) < 4.78 is 60.5. The Morgan fingerprint density at radius 2 is 1.71 bits per heavy atom. The Balaban J connectivity index is 1.46. The van der Waals surface area contributed by atoms with Crippen LogP contribution in [-0.2, 0) is 19.9 Å². The number of amides is 1. The molecule has 0 radical (unpaired) electrons. The lowest BCUT2D eigenvalue weighted by Crippen LogP contribution is -2.43. The summed E-state index contributed by atoms with van der Waals surface area (Å²) in [6, 6.07) is 11.9. The molecule has 1 amide bonds. The molecule has 1 aliphatic heterocycles. The molecule has 0 spiro atoms. The average Bonchev–Trinajstić information content (AvgIpc) is 2.81. The molecule has 35 heavy (non-hydrogen) atoms. The highest BCUT2D eigenvalue weighted by molar-refractivity contribution is 7.91. The highest BCUT2D eigenvalue weighted by Crippen LogP contribution is 2.22. The number of primary sulfonamides is 1. The Hall–Kier alpha value is -3.62. The summed E-state index contributed by atoms with van der Waals surface area (Å²) in [7, 11) is -7.00. The summed E-state index contributed by atoms with van der Waals surface area (Å²) >= 11 is 0. The third kappa shape index (κ3) is 6.09. The monoisotopic (exact) mass is 520 g/mol.